The number of likely N-dealkylation sites (tertiary alicyclic amines) is 1. The van der Waals surface area contributed by atoms with Crippen LogP contribution in [0.3, 0.4) is 0 Å². The standard InChI is InChI=1S/C39H61N9O11S/c1-21(2)19-28(39(58)59)46-37(56)32(22(3)49)47-36(55)29-11-8-17-48(29)38(57)27(13-15-31(42)51)45-35(54)26(16-18-60-4)44-34(53)25(12-14-30(41)50)43-33(52)24(40)20-23-9-6-5-7-10-23/h5-7,9-10,21-22,24-29,32,49H,8,11-20,40H2,1-4H3,(H2,41,50)(H2,42,51)(H,43,52)(H,44,53)(H,45,54)(H,46,56)(H,47,55)(H,58,59)/t22-,24+,25+,26+,27+,28+,29+,32+/m1/s1. The van der Waals surface area contributed by atoms with E-state index in [1.54, 1.807) is 50.4 Å². The highest BCUT2D eigenvalue weighted by Gasteiger charge is 2.41. The highest BCUT2D eigenvalue weighted by atomic mass is 32.2. The topological polar surface area (TPSA) is 336 Å². The first-order chi connectivity index (χ1) is 28.2. The Morgan fingerprint density at radius 1 is 0.767 bits per heavy atom. The minimum atomic E-state index is -1.58. The Labute approximate surface area is 353 Å². The Morgan fingerprint density at radius 2 is 1.30 bits per heavy atom. The average Bonchev–Trinajstić information content (AvgIpc) is 3.68. The normalized spacial score (nSPS) is 17.2. The molecule has 1 aliphatic rings. The Kier molecular flexibility index (Phi) is 21.5. The van der Waals surface area contributed by atoms with Crippen LogP contribution < -0.4 is 43.8 Å². The summed E-state index contributed by atoms with van der Waals surface area (Å²) >= 11 is 1.36. The summed E-state index contributed by atoms with van der Waals surface area (Å²) < 4.78 is 0. The Morgan fingerprint density at radius 3 is 1.83 bits per heavy atom. The second kappa shape index (κ2) is 25.4. The van der Waals surface area contributed by atoms with Crippen LogP contribution >= 0.6 is 11.8 Å². The molecular weight excluding hydrogens is 803 g/mol. The number of carboxylic acid groups (broad SMARTS) is 1. The van der Waals surface area contributed by atoms with Gasteiger partial charge in [-0.05, 0) is 75.4 Å². The number of aliphatic hydroxyl groups is 1. The number of thioether (sulfide) groups is 1. The molecule has 1 aliphatic heterocycles. The highest BCUT2D eigenvalue weighted by Crippen LogP contribution is 2.21. The lowest BCUT2D eigenvalue weighted by atomic mass is 10.0. The number of aliphatic carboxylic acids is 1. The van der Waals surface area contributed by atoms with E-state index in [0.717, 1.165) is 5.56 Å². The SMILES string of the molecule is CSCC[C@H](NC(=O)[C@H](CCC(N)=O)NC(=O)[C@@H](N)Cc1ccccc1)C(=O)N[C@@H](CCC(N)=O)C(=O)N1CCC[C@H]1C(=O)N[C@H](C(=O)N[C@@H](CC(C)C)C(=O)O)[C@@H](C)O. The van der Waals surface area contributed by atoms with Gasteiger partial charge in [-0.25, -0.2) is 4.79 Å². The van der Waals surface area contributed by atoms with Gasteiger partial charge in [0, 0.05) is 19.4 Å². The Balaban J connectivity index is 2.29. The molecule has 8 atom stereocenters. The van der Waals surface area contributed by atoms with Gasteiger partial charge in [0.25, 0.3) is 0 Å². The van der Waals surface area contributed by atoms with Crippen LogP contribution in [0.4, 0.5) is 0 Å². The molecule has 1 aromatic rings. The van der Waals surface area contributed by atoms with E-state index in [2.05, 4.69) is 26.6 Å². The fraction of sp³-hybridized carbons (Fsp3) is 0.615. The molecule has 1 heterocycles. The first kappa shape index (κ1) is 50.9. The van der Waals surface area contributed by atoms with Gasteiger partial charge in [0.15, 0.2) is 0 Å². The van der Waals surface area contributed by atoms with Gasteiger partial charge in [0.1, 0.15) is 36.3 Å². The molecule has 20 nitrogen and oxygen atoms in total. The maximum absolute atomic E-state index is 14.1. The zero-order valence-electron chi connectivity index (χ0n) is 34.5. The molecule has 0 aromatic heterocycles. The molecule has 8 amide bonds. The molecular formula is C39H61N9O11S. The Bertz CT molecular complexity index is 1670. The smallest absolute Gasteiger partial charge is 0.326 e. The number of nitrogens with zero attached hydrogens (tertiary/aromatic N) is 1. The highest BCUT2D eigenvalue weighted by molar-refractivity contribution is 7.98. The Hall–Kier alpha value is -5.28. The number of amides is 8. The van der Waals surface area contributed by atoms with Crippen LogP contribution in [0.1, 0.15) is 77.7 Å². The number of primary amides is 2. The van der Waals surface area contributed by atoms with Gasteiger partial charge in [-0.1, -0.05) is 44.2 Å². The largest absolute Gasteiger partial charge is 0.480 e. The van der Waals surface area contributed by atoms with Gasteiger partial charge in [-0.2, -0.15) is 11.8 Å². The van der Waals surface area contributed by atoms with Crippen molar-refractivity contribution in [1.29, 1.82) is 0 Å². The fourth-order valence-corrected chi connectivity index (χ4v) is 6.97. The van der Waals surface area contributed by atoms with E-state index in [-0.39, 0.29) is 63.8 Å². The van der Waals surface area contributed by atoms with Crippen molar-refractivity contribution in [1.82, 2.24) is 31.5 Å². The molecule has 0 aliphatic carbocycles. The lowest BCUT2D eigenvalue weighted by Crippen LogP contribution is -2.61. The van der Waals surface area contributed by atoms with Crippen molar-refractivity contribution in [3.05, 3.63) is 35.9 Å². The molecule has 1 aromatic carbocycles. The van der Waals surface area contributed by atoms with Crippen LogP contribution in [-0.4, -0.2) is 135 Å². The number of nitrogens with two attached hydrogens (primary N) is 3. The second-order valence-corrected chi connectivity index (χ2v) is 16.2. The molecule has 21 heteroatoms. The van der Waals surface area contributed by atoms with Crippen molar-refractivity contribution in [3.8, 4) is 0 Å². The number of carbonyl (C=O) groups excluding carboxylic acids is 8. The maximum Gasteiger partial charge on any atom is 0.326 e. The maximum atomic E-state index is 14.1. The molecule has 1 fully saturated rings. The molecule has 0 unspecified atom stereocenters. The second-order valence-electron chi connectivity index (χ2n) is 15.2. The minimum Gasteiger partial charge on any atom is -0.480 e. The quantitative estimate of drug-likeness (QED) is 0.0472. The number of hydrogen-bond acceptors (Lipinski definition) is 12. The zero-order chi connectivity index (χ0) is 45.1. The average molecular weight is 864 g/mol. The van der Waals surface area contributed by atoms with Crippen molar-refractivity contribution in [2.75, 3.05) is 18.6 Å². The van der Waals surface area contributed by atoms with Crippen molar-refractivity contribution in [2.45, 2.75) is 127 Å². The third kappa shape index (κ3) is 17.1. The molecule has 60 heavy (non-hydrogen) atoms. The number of rotatable bonds is 26. The van der Waals surface area contributed by atoms with E-state index in [9.17, 15) is 53.4 Å². The summed E-state index contributed by atoms with van der Waals surface area (Å²) in [6.07, 6.45) is -0.0677. The molecule has 2 rings (SSSR count). The van der Waals surface area contributed by atoms with Crippen LogP contribution in [0.15, 0.2) is 30.3 Å². The molecule has 0 saturated carbocycles. The predicted molar refractivity (Wildman–Crippen MR) is 221 cm³/mol. The summed E-state index contributed by atoms with van der Waals surface area (Å²) in [5.74, 6) is -7.45. The van der Waals surface area contributed by atoms with Crippen molar-refractivity contribution >= 4 is 65.0 Å². The number of aliphatic hydroxyl groups excluding tert-OH is 1. The van der Waals surface area contributed by atoms with Crippen LogP contribution in [0.5, 0.6) is 0 Å². The van der Waals surface area contributed by atoms with E-state index in [1.807, 2.05) is 0 Å². The third-order valence-electron chi connectivity index (χ3n) is 9.71. The number of nitrogens with one attached hydrogen (secondary N) is 5. The minimum absolute atomic E-state index is 0.0428. The van der Waals surface area contributed by atoms with E-state index in [0.29, 0.717) is 12.2 Å². The van der Waals surface area contributed by atoms with Gasteiger partial charge in [-0.3, -0.25) is 38.4 Å². The first-order valence-electron chi connectivity index (χ1n) is 19.8. The molecule has 334 valence electrons. The fourth-order valence-electron chi connectivity index (χ4n) is 6.50. The lowest BCUT2D eigenvalue weighted by Gasteiger charge is -2.31. The summed E-state index contributed by atoms with van der Waals surface area (Å²) in [4.78, 5) is 118. The first-order valence-corrected chi connectivity index (χ1v) is 21.2. The van der Waals surface area contributed by atoms with Gasteiger partial charge in [0.05, 0.1) is 12.1 Å². The van der Waals surface area contributed by atoms with E-state index >= 15 is 0 Å². The summed E-state index contributed by atoms with van der Waals surface area (Å²) in [5.41, 5.74) is 17.6. The summed E-state index contributed by atoms with van der Waals surface area (Å²) in [7, 11) is 0. The number of carbonyl (C=O) groups is 9. The molecule has 13 N–H and O–H groups in total. The van der Waals surface area contributed by atoms with Crippen molar-refractivity contribution in [2.24, 2.45) is 23.1 Å². The number of carboxylic acids is 1. The van der Waals surface area contributed by atoms with Crippen LogP contribution in [0.2, 0.25) is 0 Å². The third-order valence-corrected chi connectivity index (χ3v) is 10.4. The summed E-state index contributed by atoms with van der Waals surface area (Å²) in [6, 6.07) is -0.219. The molecule has 0 radical (unpaired) electrons. The van der Waals surface area contributed by atoms with Crippen LogP contribution in [0, 0.1) is 5.92 Å². The molecule has 0 bridgehead atoms. The summed E-state index contributed by atoms with van der Waals surface area (Å²) in [6.45, 7) is 4.80. The van der Waals surface area contributed by atoms with Crippen LogP contribution in [0.25, 0.3) is 0 Å². The van der Waals surface area contributed by atoms with Gasteiger partial charge in [0.2, 0.25) is 47.3 Å². The molecule has 1 saturated heterocycles. The van der Waals surface area contributed by atoms with E-state index in [1.165, 1.54) is 23.6 Å². The van der Waals surface area contributed by atoms with Crippen molar-refractivity contribution < 1.29 is 53.4 Å². The molecule has 0 spiro atoms. The van der Waals surface area contributed by atoms with Crippen molar-refractivity contribution in [3.63, 3.8) is 0 Å². The lowest BCUT2D eigenvalue weighted by molar-refractivity contribution is -0.145. The van der Waals surface area contributed by atoms with Gasteiger partial charge < -0.3 is 58.9 Å². The number of hydrogen-bond donors (Lipinski definition) is 10. The predicted octanol–water partition coefficient (Wildman–Crippen LogP) is -2.23. The van der Waals surface area contributed by atoms with Gasteiger partial charge in [-0.15, -0.1) is 0 Å². The summed E-state index contributed by atoms with van der Waals surface area (Å²) in [5, 5.41) is 32.5. The van der Waals surface area contributed by atoms with Crippen LogP contribution in [-0.2, 0) is 49.6 Å². The van der Waals surface area contributed by atoms with E-state index < -0.39 is 102 Å². The van der Waals surface area contributed by atoms with E-state index in [4.69, 9.17) is 17.2 Å². The monoisotopic (exact) mass is 863 g/mol. The zero-order valence-corrected chi connectivity index (χ0v) is 35.3. The van der Waals surface area contributed by atoms with Gasteiger partial charge >= 0.3 is 5.97 Å². The number of benzene rings is 1.